The lowest BCUT2D eigenvalue weighted by Gasteiger charge is -2.29. The summed E-state index contributed by atoms with van der Waals surface area (Å²) < 4.78 is 2.09. The molecule has 0 spiro atoms. The zero-order valence-electron chi connectivity index (χ0n) is 14.6. The fourth-order valence-corrected chi connectivity index (χ4v) is 3.52. The van der Waals surface area contributed by atoms with Crippen molar-refractivity contribution in [3.63, 3.8) is 0 Å². The maximum Gasteiger partial charge on any atom is 0.147 e. The van der Waals surface area contributed by atoms with Crippen molar-refractivity contribution in [3.05, 3.63) is 47.0 Å². The van der Waals surface area contributed by atoms with Crippen molar-refractivity contribution in [2.75, 3.05) is 20.1 Å². The van der Waals surface area contributed by atoms with Crippen LogP contribution in [0.5, 0.6) is 0 Å². The van der Waals surface area contributed by atoms with Gasteiger partial charge in [-0.1, -0.05) is 29.8 Å². The van der Waals surface area contributed by atoms with Gasteiger partial charge in [0, 0.05) is 13.0 Å². The van der Waals surface area contributed by atoms with Gasteiger partial charge in [-0.25, -0.2) is 9.67 Å². The SMILES string of the molecule is Cc1ccc(Cn2nc(C)nc2CC[C@H]2CCCN(C)C2)cc1. The number of aryl methyl sites for hydroxylation is 3. The van der Waals surface area contributed by atoms with Crippen LogP contribution in [0.2, 0.25) is 0 Å². The van der Waals surface area contributed by atoms with Crippen molar-refractivity contribution in [1.82, 2.24) is 19.7 Å². The van der Waals surface area contributed by atoms with Crippen LogP contribution in [-0.4, -0.2) is 39.8 Å². The molecule has 3 rings (SSSR count). The normalized spacial score (nSPS) is 19.2. The maximum absolute atomic E-state index is 4.67. The summed E-state index contributed by atoms with van der Waals surface area (Å²) in [6.45, 7) is 7.41. The first-order chi connectivity index (χ1) is 11.1. The fourth-order valence-electron chi connectivity index (χ4n) is 3.52. The van der Waals surface area contributed by atoms with Crippen LogP contribution in [0.1, 0.15) is 42.0 Å². The average Bonchev–Trinajstić information content (AvgIpc) is 2.87. The largest absolute Gasteiger partial charge is 0.306 e. The summed E-state index contributed by atoms with van der Waals surface area (Å²) in [5.74, 6) is 2.82. The van der Waals surface area contributed by atoms with Gasteiger partial charge in [0.25, 0.3) is 0 Å². The van der Waals surface area contributed by atoms with E-state index in [-0.39, 0.29) is 0 Å². The first-order valence-corrected chi connectivity index (χ1v) is 8.74. The molecule has 1 atom stereocenters. The Kier molecular flexibility index (Phi) is 5.11. The van der Waals surface area contributed by atoms with E-state index in [1.165, 1.54) is 43.5 Å². The molecule has 4 heteroatoms. The van der Waals surface area contributed by atoms with Crippen LogP contribution in [0.4, 0.5) is 0 Å². The number of hydrogen-bond donors (Lipinski definition) is 0. The van der Waals surface area contributed by atoms with Crippen molar-refractivity contribution < 1.29 is 0 Å². The topological polar surface area (TPSA) is 34.0 Å². The minimum absolute atomic E-state index is 0.804. The predicted molar refractivity (Wildman–Crippen MR) is 93.6 cm³/mol. The maximum atomic E-state index is 4.67. The Morgan fingerprint density at radius 3 is 2.70 bits per heavy atom. The molecular weight excluding hydrogens is 284 g/mol. The van der Waals surface area contributed by atoms with Gasteiger partial charge in [-0.15, -0.1) is 0 Å². The van der Waals surface area contributed by atoms with Gasteiger partial charge in [-0.05, 0) is 58.2 Å². The molecule has 2 heterocycles. The van der Waals surface area contributed by atoms with Crippen LogP contribution in [0.3, 0.4) is 0 Å². The lowest BCUT2D eigenvalue weighted by molar-refractivity contribution is 0.201. The number of hydrogen-bond acceptors (Lipinski definition) is 3. The zero-order valence-corrected chi connectivity index (χ0v) is 14.6. The highest BCUT2D eigenvalue weighted by molar-refractivity contribution is 5.21. The van der Waals surface area contributed by atoms with E-state index in [9.17, 15) is 0 Å². The molecule has 0 saturated carbocycles. The molecular formula is C19H28N4. The van der Waals surface area contributed by atoms with Crippen LogP contribution >= 0.6 is 0 Å². The van der Waals surface area contributed by atoms with Gasteiger partial charge in [0.2, 0.25) is 0 Å². The predicted octanol–water partition coefficient (Wildman–Crippen LogP) is 3.22. The fraction of sp³-hybridized carbons (Fsp3) is 0.579. The third kappa shape index (κ3) is 4.41. The molecule has 4 nitrogen and oxygen atoms in total. The Bertz CT molecular complexity index is 629. The van der Waals surface area contributed by atoms with Crippen LogP contribution in [0.15, 0.2) is 24.3 Å². The van der Waals surface area contributed by atoms with Gasteiger partial charge < -0.3 is 4.90 Å². The van der Waals surface area contributed by atoms with Crippen molar-refractivity contribution in [1.29, 1.82) is 0 Å². The molecule has 0 radical (unpaired) electrons. The summed E-state index contributed by atoms with van der Waals surface area (Å²) in [5.41, 5.74) is 2.59. The Morgan fingerprint density at radius 2 is 1.96 bits per heavy atom. The van der Waals surface area contributed by atoms with Gasteiger partial charge >= 0.3 is 0 Å². The van der Waals surface area contributed by atoms with E-state index in [0.717, 1.165) is 30.5 Å². The highest BCUT2D eigenvalue weighted by Gasteiger charge is 2.18. The second-order valence-electron chi connectivity index (χ2n) is 7.03. The molecule has 124 valence electrons. The number of benzene rings is 1. The average molecular weight is 312 g/mol. The third-order valence-electron chi connectivity index (χ3n) is 4.81. The molecule has 1 aromatic carbocycles. The van der Waals surface area contributed by atoms with Crippen molar-refractivity contribution in [2.45, 2.75) is 46.1 Å². The summed E-state index contributed by atoms with van der Waals surface area (Å²) >= 11 is 0. The van der Waals surface area contributed by atoms with Crippen molar-refractivity contribution >= 4 is 0 Å². The summed E-state index contributed by atoms with van der Waals surface area (Å²) in [7, 11) is 2.23. The van der Waals surface area contributed by atoms with Gasteiger partial charge in [-0.3, -0.25) is 0 Å². The summed E-state index contributed by atoms with van der Waals surface area (Å²) in [5, 5.41) is 4.60. The number of aromatic nitrogens is 3. The van der Waals surface area contributed by atoms with Crippen LogP contribution in [0.25, 0.3) is 0 Å². The Balaban J connectivity index is 1.64. The number of likely N-dealkylation sites (tertiary alicyclic amines) is 1. The van der Waals surface area contributed by atoms with E-state index < -0.39 is 0 Å². The van der Waals surface area contributed by atoms with Gasteiger partial charge in [-0.2, -0.15) is 5.10 Å². The summed E-state index contributed by atoms with van der Waals surface area (Å²) in [6.07, 6.45) is 4.94. The lowest BCUT2D eigenvalue weighted by Crippen LogP contribution is -2.32. The minimum atomic E-state index is 0.804. The number of piperidine rings is 1. The quantitative estimate of drug-likeness (QED) is 0.850. The standard InChI is InChI=1S/C19H28N4/c1-15-6-8-18(9-7-15)14-23-19(20-16(2)21-23)11-10-17-5-4-12-22(3)13-17/h6-9,17H,4-5,10-14H2,1-3H3/t17-/m1/s1. The molecule has 1 fully saturated rings. The van der Waals surface area contributed by atoms with E-state index in [1.807, 2.05) is 6.92 Å². The Labute approximate surface area is 139 Å². The highest BCUT2D eigenvalue weighted by atomic mass is 15.3. The molecule has 1 aromatic heterocycles. The molecule has 1 aliphatic rings. The molecule has 0 bridgehead atoms. The lowest BCUT2D eigenvalue weighted by atomic mass is 9.93. The summed E-state index contributed by atoms with van der Waals surface area (Å²) in [4.78, 5) is 7.12. The van der Waals surface area contributed by atoms with Gasteiger partial charge in [0.05, 0.1) is 6.54 Å². The highest BCUT2D eigenvalue weighted by Crippen LogP contribution is 2.20. The summed E-state index contributed by atoms with van der Waals surface area (Å²) in [6, 6.07) is 8.70. The molecule has 0 amide bonds. The Hall–Kier alpha value is -1.68. The smallest absolute Gasteiger partial charge is 0.147 e. The number of rotatable bonds is 5. The monoisotopic (exact) mass is 312 g/mol. The molecule has 0 N–H and O–H groups in total. The van der Waals surface area contributed by atoms with Crippen molar-refractivity contribution in [2.24, 2.45) is 5.92 Å². The first-order valence-electron chi connectivity index (χ1n) is 8.74. The van der Waals surface area contributed by atoms with Crippen molar-refractivity contribution in [3.8, 4) is 0 Å². The van der Waals surface area contributed by atoms with Gasteiger partial charge in [0.1, 0.15) is 11.6 Å². The van der Waals surface area contributed by atoms with E-state index in [0.29, 0.717) is 0 Å². The van der Waals surface area contributed by atoms with E-state index >= 15 is 0 Å². The van der Waals surface area contributed by atoms with Crippen LogP contribution in [0, 0.1) is 19.8 Å². The molecule has 1 saturated heterocycles. The molecule has 0 unspecified atom stereocenters. The number of nitrogens with zero attached hydrogens (tertiary/aromatic N) is 4. The zero-order chi connectivity index (χ0) is 16.2. The van der Waals surface area contributed by atoms with E-state index in [2.05, 4.69) is 57.9 Å². The second-order valence-corrected chi connectivity index (χ2v) is 7.03. The molecule has 1 aliphatic heterocycles. The molecule has 23 heavy (non-hydrogen) atoms. The Morgan fingerprint density at radius 1 is 1.17 bits per heavy atom. The van der Waals surface area contributed by atoms with Crippen LogP contribution in [-0.2, 0) is 13.0 Å². The molecule has 2 aromatic rings. The van der Waals surface area contributed by atoms with E-state index in [4.69, 9.17) is 0 Å². The van der Waals surface area contributed by atoms with Gasteiger partial charge in [0.15, 0.2) is 0 Å². The molecule has 0 aliphatic carbocycles. The van der Waals surface area contributed by atoms with Crippen LogP contribution < -0.4 is 0 Å². The minimum Gasteiger partial charge on any atom is -0.306 e. The first kappa shape index (κ1) is 16.2. The van der Waals surface area contributed by atoms with E-state index in [1.54, 1.807) is 0 Å². The third-order valence-corrected chi connectivity index (χ3v) is 4.81. The second kappa shape index (κ2) is 7.26.